The van der Waals surface area contributed by atoms with E-state index in [1.165, 1.54) is 0 Å². The Labute approximate surface area is 77.3 Å². The van der Waals surface area contributed by atoms with Crippen LogP contribution in [0.5, 0.6) is 0 Å². The molecule has 0 saturated carbocycles. The molecule has 2 aliphatic rings. The van der Waals surface area contributed by atoms with E-state index in [4.69, 9.17) is 0 Å². The van der Waals surface area contributed by atoms with Gasteiger partial charge in [-0.3, -0.25) is 9.59 Å². The first-order valence-electron chi connectivity index (χ1n) is 4.66. The highest BCUT2D eigenvalue weighted by Gasteiger charge is 2.54. The molecule has 0 bridgehead atoms. The first-order chi connectivity index (χ1) is 6.16. The maximum absolute atomic E-state index is 11.5. The van der Waals surface area contributed by atoms with Crippen molar-refractivity contribution in [2.75, 3.05) is 7.05 Å². The van der Waals surface area contributed by atoms with Crippen LogP contribution in [0.3, 0.4) is 0 Å². The maximum atomic E-state index is 11.5. The Balaban J connectivity index is 2.12. The highest BCUT2D eigenvalue weighted by Crippen LogP contribution is 2.35. The van der Waals surface area contributed by atoms with Gasteiger partial charge < -0.3 is 10.2 Å². The molecule has 3 atom stereocenters. The highest BCUT2D eigenvalue weighted by atomic mass is 16.2. The number of rotatable bonds is 2. The van der Waals surface area contributed by atoms with Crippen LogP contribution in [0, 0.1) is 0 Å². The van der Waals surface area contributed by atoms with Crippen molar-refractivity contribution in [3.8, 4) is 0 Å². The molecule has 2 rings (SSSR count). The number of nitrogens with one attached hydrogen (secondary N) is 1. The summed E-state index contributed by atoms with van der Waals surface area (Å²) >= 11 is 0. The lowest BCUT2D eigenvalue weighted by Gasteiger charge is -2.44. The van der Waals surface area contributed by atoms with E-state index in [1.807, 2.05) is 0 Å². The van der Waals surface area contributed by atoms with Crippen molar-refractivity contribution >= 4 is 11.7 Å². The molecule has 1 amide bonds. The number of Topliss-reactive ketones (excluding diaryl/α,β-unsaturated/α-hetero) is 1. The third kappa shape index (κ3) is 1.01. The topological polar surface area (TPSA) is 49.4 Å². The van der Waals surface area contributed by atoms with E-state index in [1.54, 1.807) is 18.9 Å². The van der Waals surface area contributed by atoms with Gasteiger partial charge in [0, 0.05) is 0 Å². The molecule has 3 unspecified atom stereocenters. The second-order valence-corrected chi connectivity index (χ2v) is 3.78. The van der Waals surface area contributed by atoms with E-state index in [-0.39, 0.29) is 29.8 Å². The summed E-state index contributed by atoms with van der Waals surface area (Å²) in [5.41, 5.74) is 0. The molecule has 2 heterocycles. The summed E-state index contributed by atoms with van der Waals surface area (Å²) in [6.07, 6.45) is 1.80. The largest absolute Gasteiger partial charge is 0.326 e. The molecule has 4 nitrogen and oxygen atoms in total. The van der Waals surface area contributed by atoms with Crippen LogP contribution < -0.4 is 5.32 Å². The van der Waals surface area contributed by atoms with Gasteiger partial charge in [0.2, 0.25) is 5.91 Å². The Hall–Kier alpha value is -0.900. The number of nitrogens with zero attached hydrogens (tertiary/aromatic N) is 1. The smallest absolute Gasteiger partial charge is 0.242 e. The molecule has 0 aromatic heterocycles. The Kier molecular flexibility index (Phi) is 1.87. The van der Waals surface area contributed by atoms with Crippen molar-refractivity contribution in [2.24, 2.45) is 0 Å². The third-order valence-electron chi connectivity index (χ3n) is 3.11. The van der Waals surface area contributed by atoms with Crippen LogP contribution in [-0.2, 0) is 9.59 Å². The quantitative estimate of drug-likeness (QED) is 0.588. The Morgan fingerprint density at radius 2 is 2.23 bits per heavy atom. The van der Waals surface area contributed by atoms with Gasteiger partial charge in [-0.15, -0.1) is 0 Å². The van der Waals surface area contributed by atoms with Crippen molar-refractivity contribution in [3.63, 3.8) is 0 Å². The summed E-state index contributed by atoms with van der Waals surface area (Å²) < 4.78 is 0. The molecule has 72 valence electrons. The minimum atomic E-state index is -0.137. The molecule has 13 heavy (non-hydrogen) atoms. The molecule has 2 fully saturated rings. The lowest BCUT2D eigenvalue weighted by molar-refractivity contribution is -0.153. The zero-order valence-electron chi connectivity index (χ0n) is 7.91. The first kappa shape index (κ1) is 8.69. The van der Waals surface area contributed by atoms with Gasteiger partial charge in [-0.25, -0.2) is 0 Å². The average Bonchev–Trinajstić information content (AvgIpc) is 2.45. The third-order valence-corrected chi connectivity index (χ3v) is 3.11. The summed E-state index contributed by atoms with van der Waals surface area (Å²) in [6, 6.07) is 0.0952. The second-order valence-electron chi connectivity index (χ2n) is 3.78. The van der Waals surface area contributed by atoms with Crippen LogP contribution in [0.4, 0.5) is 0 Å². The van der Waals surface area contributed by atoms with E-state index in [9.17, 15) is 9.59 Å². The van der Waals surface area contributed by atoms with E-state index in [0.29, 0.717) is 0 Å². The number of amides is 1. The predicted molar refractivity (Wildman–Crippen MR) is 47.2 cm³/mol. The number of carbonyl (C=O) groups is 2. The molecule has 0 radical (unpaired) electrons. The van der Waals surface area contributed by atoms with E-state index in [2.05, 4.69) is 5.32 Å². The molecule has 1 N–H and O–H groups in total. The molecule has 0 spiro atoms. The lowest BCUT2D eigenvalue weighted by Crippen LogP contribution is -2.69. The van der Waals surface area contributed by atoms with Gasteiger partial charge in [0.15, 0.2) is 5.78 Å². The zero-order chi connectivity index (χ0) is 9.59. The summed E-state index contributed by atoms with van der Waals surface area (Å²) in [5, 5.41) is 2.98. The minimum absolute atomic E-state index is 0.0376. The van der Waals surface area contributed by atoms with E-state index < -0.39 is 0 Å². The molecular formula is C9H14N2O2. The fourth-order valence-electron chi connectivity index (χ4n) is 2.44. The van der Waals surface area contributed by atoms with Crippen LogP contribution in [0.1, 0.15) is 19.8 Å². The number of hydrogen-bond acceptors (Lipinski definition) is 3. The first-order valence-corrected chi connectivity index (χ1v) is 4.66. The summed E-state index contributed by atoms with van der Waals surface area (Å²) in [7, 11) is 1.79. The Morgan fingerprint density at radius 1 is 1.54 bits per heavy atom. The molecule has 0 aromatic rings. The van der Waals surface area contributed by atoms with E-state index >= 15 is 0 Å². The van der Waals surface area contributed by atoms with Crippen LogP contribution in [0.15, 0.2) is 0 Å². The Bertz CT molecular complexity index is 264. The number of fused-ring (bicyclic) bond motifs is 1. The lowest BCUT2D eigenvalue weighted by atomic mass is 9.96. The molecule has 0 aliphatic carbocycles. The number of hydrogen-bond donors (Lipinski definition) is 1. The van der Waals surface area contributed by atoms with Gasteiger partial charge in [-0.1, -0.05) is 0 Å². The number of carbonyl (C=O) groups excluding carboxylic acids is 2. The fraction of sp³-hybridized carbons (Fsp3) is 0.778. The summed E-state index contributed by atoms with van der Waals surface area (Å²) in [6.45, 7) is 1.56. The normalized spacial score (nSPS) is 37.2. The van der Waals surface area contributed by atoms with Crippen molar-refractivity contribution in [1.82, 2.24) is 10.2 Å². The SMILES string of the molecule is CNC1C(=O)N2C(C(C)=O)CCC12. The van der Waals surface area contributed by atoms with Gasteiger partial charge in [0.1, 0.15) is 6.04 Å². The standard InChI is InChI=1S/C9H14N2O2/c1-5(12)6-3-4-7-8(10-2)9(13)11(6)7/h6-8,10H,3-4H2,1-2H3. The van der Waals surface area contributed by atoms with Crippen LogP contribution in [-0.4, -0.2) is 41.8 Å². The average molecular weight is 182 g/mol. The Morgan fingerprint density at radius 3 is 2.77 bits per heavy atom. The van der Waals surface area contributed by atoms with Crippen molar-refractivity contribution in [1.29, 1.82) is 0 Å². The van der Waals surface area contributed by atoms with Crippen LogP contribution in [0.25, 0.3) is 0 Å². The van der Waals surface area contributed by atoms with Gasteiger partial charge in [0.25, 0.3) is 0 Å². The molecule has 2 aliphatic heterocycles. The van der Waals surface area contributed by atoms with Gasteiger partial charge >= 0.3 is 0 Å². The van der Waals surface area contributed by atoms with Crippen LogP contribution >= 0.6 is 0 Å². The molecule has 2 saturated heterocycles. The number of β-lactam (4-membered cyclic amide) rings is 1. The van der Waals surface area contributed by atoms with Crippen molar-refractivity contribution in [2.45, 2.75) is 37.9 Å². The van der Waals surface area contributed by atoms with Crippen LogP contribution in [0.2, 0.25) is 0 Å². The van der Waals surface area contributed by atoms with Gasteiger partial charge in [0.05, 0.1) is 12.1 Å². The zero-order valence-corrected chi connectivity index (χ0v) is 7.91. The van der Waals surface area contributed by atoms with Crippen molar-refractivity contribution in [3.05, 3.63) is 0 Å². The summed E-state index contributed by atoms with van der Waals surface area (Å²) in [4.78, 5) is 24.4. The number of likely N-dealkylation sites (N-methyl/N-ethyl adjacent to an activating group) is 1. The predicted octanol–water partition coefficient (Wildman–Crippen LogP) is -0.463. The van der Waals surface area contributed by atoms with E-state index in [0.717, 1.165) is 12.8 Å². The molecule has 4 heteroatoms. The maximum Gasteiger partial charge on any atom is 0.242 e. The molecule has 0 aromatic carbocycles. The summed E-state index contributed by atoms with van der Waals surface area (Å²) in [5.74, 6) is 0.204. The van der Waals surface area contributed by atoms with Gasteiger partial charge in [-0.2, -0.15) is 0 Å². The molecular weight excluding hydrogens is 168 g/mol. The number of ketones is 1. The van der Waals surface area contributed by atoms with Gasteiger partial charge in [-0.05, 0) is 26.8 Å². The monoisotopic (exact) mass is 182 g/mol. The minimum Gasteiger partial charge on any atom is -0.326 e. The highest BCUT2D eigenvalue weighted by molar-refractivity contribution is 5.95. The van der Waals surface area contributed by atoms with Crippen molar-refractivity contribution < 1.29 is 9.59 Å². The second kappa shape index (κ2) is 2.80. The fourth-order valence-corrected chi connectivity index (χ4v) is 2.44.